The minimum atomic E-state index is 0.406. The Labute approximate surface area is 68.0 Å². The highest BCUT2D eigenvalue weighted by atomic mass is 31.0. The van der Waals surface area contributed by atoms with Gasteiger partial charge in [-0.25, -0.2) is 0 Å². The van der Waals surface area contributed by atoms with Crippen molar-refractivity contribution in [1.82, 2.24) is 0 Å². The first-order chi connectivity index (χ1) is 4.15. The summed E-state index contributed by atoms with van der Waals surface area (Å²) in [6, 6.07) is 0. The third kappa shape index (κ3) is 3.01. The van der Waals surface area contributed by atoms with E-state index >= 15 is 0 Å². The molecule has 0 saturated heterocycles. The molecule has 62 valence electrons. The summed E-state index contributed by atoms with van der Waals surface area (Å²) in [6.07, 6.45) is 0. The summed E-state index contributed by atoms with van der Waals surface area (Å²) in [7, 11) is 2.95. The molecule has 0 rings (SSSR count). The summed E-state index contributed by atoms with van der Waals surface area (Å²) < 4.78 is 0. The minimum Gasteiger partial charge on any atom is -0.133 e. The highest BCUT2D eigenvalue weighted by Gasteiger charge is 2.30. The molecule has 1 heteroatoms. The van der Waals surface area contributed by atoms with Crippen LogP contribution in [0.3, 0.4) is 0 Å². The van der Waals surface area contributed by atoms with Gasteiger partial charge >= 0.3 is 0 Å². The van der Waals surface area contributed by atoms with Crippen LogP contribution in [0, 0.1) is 10.8 Å². The lowest BCUT2D eigenvalue weighted by molar-refractivity contribution is 0.248. The van der Waals surface area contributed by atoms with E-state index in [9.17, 15) is 0 Å². The van der Waals surface area contributed by atoms with Gasteiger partial charge in [-0.2, -0.15) is 0 Å². The maximum Gasteiger partial charge on any atom is -0.0167 e. The van der Waals surface area contributed by atoms with E-state index in [4.69, 9.17) is 0 Å². The van der Waals surface area contributed by atoms with E-state index in [0.717, 1.165) is 0 Å². The van der Waals surface area contributed by atoms with Gasteiger partial charge in [-0.1, -0.05) is 41.5 Å². The Bertz CT molecular complexity index is 88.9. The summed E-state index contributed by atoms with van der Waals surface area (Å²) in [5, 5.41) is 0. The molecule has 0 nitrogen and oxygen atoms in total. The molecule has 1 atom stereocenters. The third-order valence-corrected chi connectivity index (χ3v) is 3.87. The fourth-order valence-corrected chi connectivity index (χ4v) is 1.30. The number of hydrogen-bond donors (Lipinski definition) is 0. The molecule has 0 radical (unpaired) electrons. The van der Waals surface area contributed by atoms with Crippen LogP contribution < -0.4 is 0 Å². The van der Waals surface area contributed by atoms with E-state index in [1.807, 2.05) is 0 Å². The minimum absolute atomic E-state index is 0.406. The third-order valence-electron chi connectivity index (χ3n) is 1.87. The van der Waals surface area contributed by atoms with Crippen molar-refractivity contribution in [3.63, 3.8) is 0 Å². The maximum absolute atomic E-state index is 2.95. The molecule has 0 aromatic carbocycles. The van der Waals surface area contributed by atoms with Gasteiger partial charge in [0.05, 0.1) is 0 Å². The van der Waals surface area contributed by atoms with Crippen LogP contribution in [0.1, 0.15) is 41.5 Å². The molecule has 0 spiro atoms. The van der Waals surface area contributed by atoms with Crippen molar-refractivity contribution in [3.05, 3.63) is 0 Å². The summed E-state index contributed by atoms with van der Waals surface area (Å²) in [6.45, 7) is 13.7. The van der Waals surface area contributed by atoms with Gasteiger partial charge in [-0.3, -0.25) is 0 Å². The van der Waals surface area contributed by atoms with Gasteiger partial charge in [0.2, 0.25) is 0 Å². The molecule has 0 amide bonds. The van der Waals surface area contributed by atoms with Crippen LogP contribution in [0.25, 0.3) is 0 Å². The molecule has 0 N–H and O–H groups in total. The lowest BCUT2D eigenvalue weighted by Gasteiger charge is -2.37. The van der Waals surface area contributed by atoms with Crippen LogP contribution in [0.2, 0.25) is 0 Å². The van der Waals surface area contributed by atoms with Gasteiger partial charge in [0.25, 0.3) is 0 Å². The van der Waals surface area contributed by atoms with Gasteiger partial charge in [0.15, 0.2) is 0 Å². The molecule has 0 aliphatic heterocycles. The molecular formula is C9H21P. The molecule has 0 fully saturated rings. The van der Waals surface area contributed by atoms with Gasteiger partial charge in [0.1, 0.15) is 0 Å². The Kier molecular flexibility index (Phi) is 2.94. The van der Waals surface area contributed by atoms with Gasteiger partial charge in [-0.15, -0.1) is 9.24 Å². The molecule has 0 aromatic rings. The zero-order valence-electron chi connectivity index (χ0n) is 8.15. The molecule has 0 aliphatic rings. The van der Waals surface area contributed by atoms with Crippen molar-refractivity contribution in [1.29, 1.82) is 0 Å². The van der Waals surface area contributed by atoms with E-state index in [0.29, 0.717) is 16.5 Å². The molecule has 1 unspecified atom stereocenters. The van der Waals surface area contributed by atoms with Crippen LogP contribution in [0.5, 0.6) is 0 Å². The van der Waals surface area contributed by atoms with Gasteiger partial charge < -0.3 is 0 Å². The first-order valence-corrected chi connectivity index (χ1v) is 4.58. The van der Waals surface area contributed by atoms with Gasteiger partial charge in [-0.05, 0) is 16.5 Å². The second-order valence-corrected chi connectivity index (χ2v) is 5.88. The van der Waals surface area contributed by atoms with Crippen LogP contribution >= 0.6 is 9.24 Å². The largest absolute Gasteiger partial charge is 0.133 e. The van der Waals surface area contributed by atoms with Crippen molar-refractivity contribution >= 4 is 9.24 Å². The highest BCUT2D eigenvalue weighted by molar-refractivity contribution is 7.17. The summed E-state index contributed by atoms with van der Waals surface area (Å²) >= 11 is 0. The Morgan fingerprint density at radius 1 is 0.800 bits per heavy atom. The van der Waals surface area contributed by atoms with Crippen LogP contribution in [-0.2, 0) is 0 Å². The topological polar surface area (TPSA) is 0 Å². The first kappa shape index (κ1) is 10.4. The summed E-state index contributed by atoms with van der Waals surface area (Å²) in [5.41, 5.74) is 1.49. The van der Waals surface area contributed by atoms with E-state index < -0.39 is 0 Å². The van der Waals surface area contributed by atoms with Crippen molar-refractivity contribution < 1.29 is 0 Å². The second kappa shape index (κ2) is 2.81. The molecule has 0 aromatic heterocycles. The SMILES string of the molecule is CC(C)(C)C(P)C(C)(C)C. The van der Waals surface area contributed by atoms with Crippen molar-refractivity contribution in [2.45, 2.75) is 47.2 Å². The lowest BCUT2D eigenvalue weighted by atomic mass is 9.77. The van der Waals surface area contributed by atoms with Crippen molar-refractivity contribution in [2.75, 3.05) is 0 Å². The Balaban J connectivity index is 4.23. The van der Waals surface area contributed by atoms with Crippen LogP contribution in [0.4, 0.5) is 0 Å². The first-order valence-electron chi connectivity index (χ1n) is 3.91. The van der Waals surface area contributed by atoms with Crippen LogP contribution in [0.15, 0.2) is 0 Å². The fourth-order valence-electron chi connectivity index (χ4n) is 1.30. The lowest BCUT2D eigenvalue weighted by Crippen LogP contribution is -2.32. The zero-order chi connectivity index (χ0) is 8.58. The second-order valence-electron chi connectivity index (χ2n) is 5.21. The molecule has 0 aliphatic carbocycles. The predicted octanol–water partition coefficient (Wildman–Crippen LogP) is 3.32. The zero-order valence-corrected chi connectivity index (χ0v) is 9.31. The maximum atomic E-state index is 2.95. The quantitative estimate of drug-likeness (QED) is 0.477. The van der Waals surface area contributed by atoms with Crippen LogP contribution in [-0.4, -0.2) is 5.66 Å². The normalized spacial score (nSPS) is 14.4. The summed E-state index contributed by atoms with van der Waals surface area (Å²) in [5.74, 6) is 0. The Morgan fingerprint density at radius 3 is 1.00 bits per heavy atom. The molecule has 0 heterocycles. The number of rotatable bonds is 0. The fraction of sp³-hybridized carbons (Fsp3) is 1.00. The average molecular weight is 160 g/mol. The number of hydrogen-bond acceptors (Lipinski definition) is 0. The van der Waals surface area contributed by atoms with Gasteiger partial charge in [0, 0.05) is 0 Å². The van der Waals surface area contributed by atoms with E-state index in [1.165, 1.54) is 0 Å². The predicted molar refractivity (Wildman–Crippen MR) is 52.4 cm³/mol. The Morgan fingerprint density at radius 2 is 1.00 bits per heavy atom. The van der Waals surface area contributed by atoms with E-state index in [1.54, 1.807) is 0 Å². The standard InChI is InChI=1S/C9H21P/c1-8(2,3)7(10)9(4,5)6/h7H,10H2,1-6H3. The van der Waals surface area contributed by atoms with E-state index in [-0.39, 0.29) is 0 Å². The molecule has 0 bridgehead atoms. The average Bonchev–Trinajstić information content (AvgIpc) is 1.59. The Hall–Kier alpha value is 0.430. The monoisotopic (exact) mass is 160 g/mol. The van der Waals surface area contributed by atoms with E-state index in [2.05, 4.69) is 50.8 Å². The smallest absolute Gasteiger partial charge is 0.0167 e. The molecular weight excluding hydrogens is 139 g/mol. The molecule has 10 heavy (non-hydrogen) atoms. The molecule has 0 saturated carbocycles. The van der Waals surface area contributed by atoms with Crippen molar-refractivity contribution in [3.8, 4) is 0 Å². The van der Waals surface area contributed by atoms with Crippen molar-refractivity contribution in [2.24, 2.45) is 10.8 Å². The highest BCUT2D eigenvalue weighted by Crippen LogP contribution is 2.39. The summed E-state index contributed by atoms with van der Waals surface area (Å²) in [4.78, 5) is 0.